The lowest BCUT2D eigenvalue weighted by molar-refractivity contribution is 0.372. The molecule has 1 fully saturated rings. The summed E-state index contributed by atoms with van der Waals surface area (Å²) < 4.78 is 0. The fourth-order valence-electron chi connectivity index (χ4n) is 2.66. The lowest BCUT2D eigenvalue weighted by atomic mass is 9.95. The van der Waals surface area contributed by atoms with Crippen molar-refractivity contribution >= 4 is 5.69 Å². The summed E-state index contributed by atoms with van der Waals surface area (Å²) >= 11 is 0. The zero-order chi connectivity index (χ0) is 12.1. The molecule has 0 spiro atoms. The third-order valence-electron chi connectivity index (χ3n) is 3.66. The Morgan fingerprint density at radius 3 is 2.53 bits per heavy atom. The maximum Gasteiger partial charge on any atom is 0.0406 e. The van der Waals surface area contributed by atoms with Crippen molar-refractivity contribution in [3.63, 3.8) is 0 Å². The SMILES string of the molecule is CN(C)c1ccccc1CNC1CCCCC1. The summed E-state index contributed by atoms with van der Waals surface area (Å²) in [5, 5.41) is 3.71. The van der Waals surface area contributed by atoms with Crippen LogP contribution in [0.25, 0.3) is 0 Å². The predicted octanol–water partition coefficient (Wildman–Crippen LogP) is 3.17. The third-order valence-corrected chi connectivity index (χ3v) is 3.66. The van der Waals surface area contributed by atoms with Gasteiger partial charge in [0, 0.05) is 32.4 Å². The van der Waals surface area contributed by atoms with Crippen molar-refractivity contribution in [2.24, 2.45) is 0 Å². The fraction of sp³-hybridized carbons (Fsp3) is 0.600. The molecule has 0 saturated heterocycles. The van der Waals surface area contributed by atoms with Crippen molar-refractivity contribution in [1.29, 1.82) is 0 Å². The first-order valence-electron chi connectivity index (χ1n) is 6.76. The number of anilines is 1. The smallest absolute Gasteiger partial charge is 0.0406 e. The molecule has 0 aliphatic heterocycles. The van der Waals surface area contributed by atoms with Gasteiger partial charge in [0.15, 0.2) is 0 Å². The normalized spacial score (nSPS) is 17.1. The maximum absolute atomic E-state index is 3.71. The van der Waals surface area contributed by atoms with E-state index in [1.807, 2.05) is 0 Å². The molecular weight excluding hydrogens is 208 g/mol. The molecule has 1 N–H and O–H groups in total. The van der Waals surface area contributed by atoms with Gasteiger partial charge in [-0.15, -0.1) is 0 Å². The van der Waals surface area contributed by atoms with Crippen LogP contribution in [-0.2, 0) is 6.54 Å². The van der Waals surface area contributed by atoms with Gasteiger partial charge >= 0.3 is 0 Å². The molecule has 1 aliphatic carbocycles. The minimum absolute atomic E-state index is 0.735. The number of hydrogen-bond donors (Lipinski definition) is 1. The predicted molar refractivity (Wildman–Crippen MR) is 74.5 cm³/mol. The Bertz CT molecular complexity index is 341. The van der Waals surface area contributed by atoms with Crippen LogP contribution in [0.5, 0.6) is 0 Å². The molecule has 17 heavy (non-hydrogen) atoms. The van der Waals surface area contributed by atoms with Gasteiger partial charge in [0.25, 0.3) is 0 Å². The molecule has 0 aromatic heterocycles. The van der Waals surface area contributed by atoms with E-state index in [1.54, 1.807) is 0 Å². The van der Waals surface area contributed by atoms with Gasteiger partial charge in [-0.25, -0.2) is 0 Å². The zero-order valence-corrected chi connectivity index (χ0v) is 11.1. The second-order valence-electron chi connectivity index (χ2n) is 5.24. The first kappa shape index (κ1) is 12.4. The third kappa shape index (κ3) is 3.47. The van der Waals surface area contributed by atoms with Crippen LogP contribution in [0.1, 0.15) is 37.7 Å². The van der Waals surface area contributed by atoms with Crippen molar-refractivity contribution in [3.05, 3.63) is 29.8 Å². The van der Waals surface area contributed by atoms with Crippen LogP contribution in [0, 0.1) is 0 Å². The van der Waals surface area contributed by atoms with Crippen LogP contribution in [-0.4, -0.2) is 20.1 Å². The summed E-state index contributed by atoms with van der Waals surface area (Å²) in [4.78, 5) is 2.19. The van der Waals surface area contributed by atoms with Gasteiger partial charge in [-0.1, -0.05) is 37.5 Å². The second-order valence-corrected chi connectivity index (χ2v) is 5.24. The van der Waals surface area contributed by atoms with E-state index in [-0.39, 0.29) is 0 Å². The molecule has 1 saturated carbocycles. The molecule has 1 aromatic carbocycles. The minimum Gasteiger partial charge on any atom is -0.377 e. The number of rotatable bonds is 4. The van der Waals surface area contributed by atoms with Gasteiger partial charge < -0.3 is 10.2 Å². The summed E-state index contributed by atoms with van der Waals surface area (Å²) in [6.45, 7) is 0.999. The number of para-hydroxylation sites is 1. The molecule has 2 rings (SSSR count). The topological polar surface area (TPSA) is 15.3 Å². The molecule has 2 heteroatoms. The van der Waals surface area contributed by atoms with Gasteiger partial charge in [-0.05, 0) is 24.5 Å². The number of nitrogens with one attached hydrogen (secondary N) is 1. The summed E-state index contributed by atoms with van der Waals surface area (Å²) in [6.07, 6.45) is 6.92. The molecule has 2 nitrogen and oxygen atoms in total. The molecular formula is C15H24N2. The van der Waals surface area contributed by atoms with E-state index in [0.717, 1.165) is 12.6 Å². The van der Waals surface area contributed by atoms with Crippen molar-refractivity contribution in [2.45, 2.75) is 44.7 Å². The van der Waals surface area contributed by atoms with Crippen molar-refractivity contribution < 1.29 is 0 Å². The van der Waals surface area contributed by atoms with Gasteiger partial charge in [0.1, 0.15) is 0 Å². The van der Waals surface area contributed by atoms with Crippen molar-refractivity contribution in [2.75, 3.05) is 19.0 Å². The van der Waals surface area contributed by atoms with Crippen LogP contribution in [0.15, 0.2) is 24.3 Å². The van der Waals surface area contributed by atoms with E-state index in [1.165, 1.54) is 43.4 Å². The Hall–Kier alpha value is -1.02. The summed E-state index contributed by atoms with van der Waals surface area (Å²) in [5.74, 6) is 0. The summed E-state index contributed by atoms with van der Waals surface area (Å²) in [7, 11) is 4.22. The average molecular weight is 232 g/mol. The fourth-order valence-corrected chi connectivity index (χ4v) is 2.66. The highest BCUT2D eigenvalue weighted by Gasteiger charge is 2.13. The van der Waals surface area contributed by atoms with Crippen LogP contribution < -0.4 is 10.2 Å². The van der Waals surface area contributed by atoms with E-state index in [9.17, 15) is 0 Å². The van der Waals surface area contributed by atoms with E-state index in [0.29, 0.717) is 0 Å². The second kappa shape index (κ2) is 6.06. The number of hydrogen-bond acceptors (Lipinski definition) is 2. The monoisotopic (exact) mass is 232 g/mol. The Labute approximate surface area is 105 Å². The molecule has 0 unspecified atom stereocenters. The van der Waals surface area contributed by atoms with Gasteiger partial charge in [0.2, 0.25) is 0 Å². The molecule has 0 heterocycles. The number of benzene rings is 1. The Balaban J connectivity index is 1.93. The summed E-state index contributed by atoms with van der Waals surface area (Å²) in [5.41, 5.74) is 2.74. The Morgan fingerprint density at radius 2 is 1.82 bits per heavy atom. The van der Waals surface area contributed by atoms with Crippen LogP contribution in [0.2, 0.25) is 0 Å². The molecule has 1 aliphatic rings. The van der Waals surface area contributed by atoms with Gasteiger partial charge in [-0.2, -0.15) is 0 Å². The number of nitrogens with zero attached hydrogens (tertiary/aromatic N) is 1. The Morgan fingerprint density at radius 1 is 1.12 bits per heavy atom. The van der Waals surface area contributed by atoms with Gasteiger partial charge in [0.05, 0.1) is 0 Å². The quantitative estimate of drug-likeness (QED) is 0.857. The minimum atomic E-state index is 0.735. The Kier molecular flexibility index (Phi) is 4.43. The lowest BCUT2D eigenvalue weighted by Gasteiger charge is -2.24. The lowest BCUT2D eigenvalue weighted by Crippen LogP contribution is -2.31. The maximum atomic E-state index is 3.71. The van der Waals surface area contributed by atoms with Crippen molar-refractivity contribution in [1.82, 2.24) is 5.32 Å². The highest BCUT2D eigenvalue weighted by molar-refractivity contribution is 5.52. The molecule has 0 bridgehead atoms. The average Bonchev–Trinajstić information content (AvgIpc) is 2.38. The first-order valence-corrected chi connectivity index (χ1v) is 6.76. The largest absolute Gasteiger partial charge is 0.377 e. The zero-order valence-electron chi connectivity index (χ0n) is 11.1. The van der Waals surface area contributed by atoms with E-state index >= 15 is 0 Å². The van der Waals surface area contributed by atoms with Crippen LogP contribution in [0.3, 0.4) is 0 Å². The molecule has 0 radical (unpaired) electrons. The van der Waals surface area contributed by atoms with E-state index in [4.69, 9.17) is 0 Å². The van der Waals surface area contributed by atoms with Crippen molar-refractivity contribution in [3.8, 4) is 0 Å². The molecule has 1 aromatic rings. The highest BCUT2D eigenvalue weighted by atomic mass is 15.1. The van der Waals surface area contributed by atoms with Crippen LogP contribution >= 0.6 is 0 Å². The highest BCUT2D eigenvalue weighted by Crippen LogP contribution is 2.20. The van der Waals surface area contributed by atoms with E-state index in [2.05, 4.69) is 48.6 Å². The van der Waals surface area contributed by atoms with Gasteiger partial charge in [-0.3, -0.25) is 0 Å². The molecule has 0 atom stereocenters. The van der Waals surface area contributed by atoms with Crippen LogP contribution in [0.4, 0.5) is 5.69 Å². The molecule has 0 amide bonds. The standard InChI is InChI=1S/C15H24N2/c1-17(2)15-11-7-6-8-13(15)12-16-14-9-4-3-5-10-14/h6-8,11,14,16H,3-5,9-10,12H2,1-2H3. The first-order chi connectivity index (χ1) is 8.27. The summed E-state index contributed by atoms with van der Waals surface area (Å²) in [6, 6.07) is 9.40. The van der Waals surface area contributed by atoms with E-state index < -0.39 is 0 Å². The molecule has 94 valence electrons.